The first-order valence-corrected chi connectivity index (χ1v) is 11.7. The van der Waals surface area contributed by atoms with Crippen molar-refractivity contribution in [2.75, 3.05) is 7.11 Å². The predicted octanol–water partition coefficient (Wildman–Crippen LogP) is 5.39. The van der Waals surface area contributed by atoms with Gasteiger partial charge in [-0.25, -0.2) is 0 Å². The third-order valence-corrected chi connectivity index (χ3v) is 5.68. The van der Waals surface area contributed by atoms with Crippen LogP contribution in [0, 0.1) is 5.92 Å². The first-order chi connectivity index (χ1) is 16.4. The maximum absolute atomic E-state index is 13.1. The second kappa shape index (κ2) is 12.0. The average molecular weight is 459 g/mol. The molecule has 0 saturated carbocycles. The maximum atomic E-state index is 13.1. The van der Waals surface area contributed by atoms with Gasteiger partial charge in [0.1, 0.15) is 5.75 Å². The fourth-order valence-corrected chi connectivity index (χ4v) is 4.11. The lowest BCUT2D eigenvalue weighted by molar-refractivity contribution is -0.120. The van der Waals surface area contributed by atoms with E-state index < -0.39 is 0 Å². The second-order valence-corrected chi connectivity index (χ2v) is 9.01. The largest absolute Gasteiger partial charge is 0.497 e. The molecule has 2 N–H and O–H groups in total. The summed E-state index contributed by atoms with van der Waals surface area (Å²) in [6.07, 6.45) is 1.21. The standard InChI is InChI=1S/C29H34N2O3/c1-20(2)17-21(3)31-29(33)27-12-8-7-11-26(27)25-10-6-5-9-23(25)19-30-28(32)18-22-13-15-24(34-4)16-14-22/h5-16,20-21H,17-19H2,1-4H3,(H,30,32)(H,31,33). The van der Waals surface area contributed by atoms with Crippen molar-refractivity contribution in [3.63, 3.8) is 0 Å². The zero-order valence-corrected chi connectivity index (χ0v) is 20.4. The SMILES string of the molecule is COc1ccc(CC(=O)NCc2ccccc2-c2ccccc2C(=O)NC(C)CC(C)C)cc1. The van der Waals surface area contributed by atoms with E-state index in [4.69, 9.17) is 4.74 Å². The Morgan fingerprint density at radius 2 is 1.50 bits per heavy atom. The van der Waals surface area contributed by atoms with Crippen LogP contribution < -0.4 is 15.4 Å². The zero-order valence-electron chi connectivity index (χ0n) is 20.4. The molecule has 5 heteroatoms. The molecule has 0 aliphatic heterocycles. The van der Waals surface area contributed by atoms with E-state index in [0.29, 0.717) is 24.4 Å². The third-order valence-electron chi connectivity index (χ3n) is 5.68. The molecule has 0 heterocycles. The van der Waals surface area contributed by atoms with E-state index in [0.717, 1.165) is 34.4 Å². The minimum Gasteiger partial charge on any atom is -0.497 e. The van der Waals surface area contributed by atoms with Crippen molar-refractivity contribution in [1.82, 2.24) is 10.6 Å². The minimum absolute atomic E-state index is 0.0616. The molecule has 3 aromatic rings. The second-order valence-electron chi connectivity index (χ2n) is 9.01. The van der Waals surface area contributed by atoms with E-state index in [2.05, 4.69) is 24.5 Å². The summed E-state index contributed by atoms with van der Waals surface area (Å²) in [6.45, 7) is 6.71. The highest BCUT2D eigenvalue weighted by Crippen LogP contribution is 2.27. The fourth-order valence-electron chi connectivity index (χ4n) is 4.11. The monoisotopic (exact) mass is 458 g/mol. The lowest BCUT2D eigenvalue weighted by Gasteiger charge is -2.18. The highest BCUT2D eigenvalue weighted by Gasteiger charge is 2.17. The number of hydrogen-bond acceptors (Lipinski definition) is 3. The van der Waals surface area contributed by atoms with Gasteiger partial charge in [-0.1, -0.05) is 68.4 Å². The molecule has 0 aliphatic carbocycles. The summed E-state index contributed by atoms with van der Waals surface area (Å²) >= 11 is 0. The van der Waals surface area contributed by atoms with Crippen molar-refractivity contribution in [3.8, 4) is 16.9 Å². The Morgan fingerprint density at radius 1 is 0.853 bits per heavy atom. The maximum Gasteiger partial charge on any atom is 0.252 e. The van der Waals surface area contributed by atoms with E-state index in [9.17, 15) is 9.59 Å². The van der Waals surface area contributed by atoms with Gasteiger partial charge >= 0.3 is 0 Å². The molecule has 1 unspecified atom stereocenters. The van der Waals surface area contributed by atoms with Crippen molar-refractivity contribution >= 4 is 11.8 Å². The Bertz CT molecular complexity index is 1110. The van der Waals surface area contributed by atoms with Gasteiger partial charge < -0.3 is 15.4 Å². The molecule has 5 nitrogen and oxygen atoms in total. The van der Waals surface area contributed by atoms with Gasteiger partial charge in [-0.3, -0.25) is 9.59 Å². The van der Waals surface area contributed by atoms with Crippen LogP contribution in [0.4, 0.5) is 0 Å². The molecule has 1 atom stereocenters. The predicted molar refractivity (Wildman–Crippen MR) is 137 cm³/mol. The van der Waals surface area contributed by atoms with Crippen LogP contribution in [0.5, 0.6) is 5.75 Å². The van der Waals surface area contributed by atoms with Gasteiger partial charge in [0.25, 0.3) is 5.91 Å². The van der Waals surface area contributed by atoms with Crippen molar-refractivity contribution < 1.29 is 14.3 Å². The zero-order chi connectivity index (χ0) is 24.5. The van der Waals surface area contributed by atoms with Crippen LogP contribution in [0.15, 0.2) is 72.8 Å². The Balaban J connectivity index is 1.73. The van der Waals surface area contributed by atoms with Crippen LogP contribution in [0.2, 0.25) is 0 Å². The molecule has 2 amide bonds. The molecule has 0 spiro atoms. The molecular formula is C29H34N2O3. The minimum atomic E-state index is -0.0814. The number of rotatable bonds is 10. The normalized spacial score (nSPS) is 11.7. The van der Waals surface area contributed by atoms with Crippen LogP contribution in [-0.2, 0) is 17.8 Å². The molecule has 0 aliphatic rings. The smallest absolute Gasteiger partial charge is 0.252 e. The average Bonchev–Trinajstić information content (AvgIpc) is 2.83. The van der Waals surface area contributed by atoms with Gasteiger partial charge in [-0.2, -0.15) is 0 Å². The number of hydrogen-bond donors (Lipinski definition) is 2. The van der Waals surface area contributed by atoms with E-state index in [1.807, 2.05) is 79.7 Å². The van der Waals surface area contributed by atoms with Gasteiger partial charge in [0.2, 0.25) is 5.91 Å². The van der Waals surface area contributed by atoms with Crippen molar-refractivity contribution in [2.45, 2.75) is 46.2 Å². The Morgan fingerprint density at radius 3 is 2.18 bits per heavy atom. The number of ether oxygens (including phenoxy) is 1. The van der Waals surface area contributed by atoms with Crippen molar-refractivity contribution in [2.24, 2.45) is 5.92 Å². The molecule has 0 aromatic heterocycles. The molecule has 0 saturated heterocycles. The van der Waals surface area contributed by atoms with Crippen LogP contribution in [0.3, 0.4) is 0 Å². The van der Waals surface area contributed by atoms with E-state index >= 15 is 0 Å². The number of amides is 2. The van der Waals surface area contributed by atoms with Gasteiger partial charge in [0.05, 0.1) is 13.5 Å². The van der Waals surface area contributed by atoms with Gasteiger partial charge in [0.15, 0.2) is 0 Å². The highest BCUT2D eigenvalue weighted by molar-refractivity contribution is 6.01. The van der Waals surface area contributed by atoms with Crippen LogP contribution in [-0.4, -0.2) is 25.0 Å². The summed E-state index contributed by atoms with van der Waals surface area (Å²) in [5, 5.41) is 6.14. The van der Waals surface area contributed by atoms with E-state index in [1.54, 1.807) is 7.11 Å². The number of methoxy groups -OCH3 is 1. The Labute approximate surface area is 202 Å². The van der Waals surface area contributed by atoms with Gasteiger partial charge in [-0.15, -0.1) is 0 Å². The number of carbonyl (C=O) groups is 2. The fraction of sp³-hybridized carbons (Fsp3) is 0.310. The molecule has 0 bridgehead atoms. The topological polar surface area (TPSA) is 67.4 Å². The van der Waals surface area contributed by atoms with Crippen molar-refractivity contribution in [3.05, 3.63) is 89.5 Å². The molecular weight excluding hydrogens is 424 g/mol. The lowest BCUT2D eigenvalue weighted by atomic mass is 9.94. The first kappa shape index (κ1) is 25.0. The summed E-state index contributed by atoms with van der Waals surface area (Å²) in [5.74, 6) is 1.13. The van der Waals surface area contributed by atoms with Crippen molar-refractivity contribution in [1.29, 1.82) is 0 Å². The van der Waals surface area contributed by atoms with E-state index in [-0.39, 0.29) is 17.9 Å². The molecule has 0 radical (unpaired) electrons. The molecule has 0 fully saturated rings. The van der Waals surface area contributed by atoms with Crippen LogP contribution in [0.1, 0.15) is 48.7 Å². The summed E-state index contributed by atoms with van der Waals surface area (Å²) in [4.78, 5) is 25.6. The summed E-state index contributed by atoms with van der Waals surface area (Å²) < 4.78 is 5.17. The van der Waals surface area contributed by atoms with E-state index in [1.165, 1.54) is 0 Å². The van der Waals surface area contributed by atoms with Crippen LogP contribution in [0.25, 0.3) is 11.1 Å². The number of benzene rings is 3. The third kappa shape index (κ3) is 6.95. The van der Waals surface area contributed by atoms with Crippen LogP contribution >= 0.6 is 0 Å². The van der Waals surface area contributed by atoms with Gasteiger partial charge in [-0.05, 0) is 59.7 Å². The quantitative estimate of drug-likeness (QED) is 0.428. The molecule has 3 rings (SSSR count). The highest BCUT2D eigenvalue weighted by atomic mass is 16.5. The first-order valence-electron chi connectivity index (χ1n) is 11.7. The Kier molecular flexibility index (Phi) is 8.86. The summed E-state index contributed by atoms with van der Waals surface area (Å²) in [7, 11) is 1.62. The summed E-state index contributed by atoms with van der Waals surface area (Å²) in [6, 6.07) is 23.1. The molecule has 34 heavy (non-hydrogen) atoms. The van der Waals surface area contributed by atoms with Gasteiger partial charge in [0, 0.05) is 18.2 Å². The summed E-state index contributed by atoms with van der Waals surface area (Å²) in [5.41, 5.74) is 4.31. The lowest BCUT2D eigenvalue weighted by Crippen LogP contribution is -2.33. The Hall–Kier alpha value is -3.60. The molecule has 178 valence electrons. The molecule has 3 aromatic carbocycles. The number of carbonyl (C=O) groups excluding carboxylic acids is 2. The number of nitrogens with one attached hydrogen (secondary N) is 2.